The van der Waals surface area contributed by atoms with Gasteiger partial charge in [-0.3, -0.25) is 10.1 Å². The third kappa shape index (κ3) is 3.48. The molecule has 1 aromatic rings. The molecule has 4 fully saturated rings. The molecule has 0 radical (unpaired) electrons. The maximum absolute atomic E-state index is 11.5. The highest BCUT2D eigenvalue weighted by Gasteiger charge is 2.56. The van der Waals surface area contributed by atoms with Crippen LogP contribution in [0.2, 0.25) is 0 Å². The van der Waals surface area contributed by atoms with Gasteiger partial charge in [0.1, 0.15) is 0 Å². The molecule has 0 saturated heterocycles. The van der Waals surface area contributed by atoms with Gasteiger partial charge in [0.25, 0.3) is 0 Å². The van der Waals surface area contributed by atoms with Crippen LogP contribution >= 0.6 is 0 Å². The van der Waals surface area contributed by atoms with Gasteiger partial charge in [0.2, 0.25) is 12.0 Å². The third-order valence-corrected chi connectivity index (χ3v) is 6.61. The number of carboxylic acid groups (broad SMARTS) is 1. The van der Waals surface area contributed by atoms with Crippen molar-refractivity contribution in [3.63, 3.8) is 0 Å². The maximum Gasteiger partial charge on any atom is 0.311 e. The van der Waals surface area contributed by atoms with Crippen molar-refractivity contribution < 1.29 is 24.3 Å². The van der Waals surface area contributed by atoms with Crippen molar-refractivity contribution >= 4 is 11.7 Å². The minimum atomic E-state index is -1.39. The van der Waals surface area contributed by atoms with E-state index >= 15 is 0 Å². The highest BCUT2D eigenvalue weighted by molar-refractivity contribution is 5.87. The van der Waals surface area contributed by atoms with E-state index in [-0.39, 0.29) is 28.5 Å². The fourth-order valence-corrected chi connectivity index (χ4v) is 6.01. The molecule has 7 nitrogen and oxygen atoms in total. The predicted octanol–water partition coefficient (Wildman–Crippen LogP) is 3.30. The minimum absolute atomic E-state index is 0.0619. The lowest BCUT2D eigenvalue weighted by Crippen LogP contribution is -2.54. The van der Waals surface area contributed by atoms with E-state index in [4.69, 9.17) is 9.47 Å². The molecule has 0 spiro atoms. The minimum Gasteiger partial charge on any atom is -0.545 e. The molecule has 4 bridgehead atoms. The summed E-state index contributed by atoms with van der Waals surface area (Å²) in [6.07, 6.45) is 6.05. The number of hydrogen-bond donors (Lipinski definition) is 0. The molecule has 4 aliphatic rings. The fourth-order valence-electron chi connectivity index (χ4n) is 6.01. The van der Waals surface area contributed by atoms with Crippen LogP contribution < -0.4 is 9.84 Å². The Kier molecular flexibility index (Phi) is 4.81. The standard InChI is InChI=1S/C21H27NO6/c1-12(2)27-20(21-9-13-5-14(10-21)7-15(6-13)11-21)28-18-8-16(19(23)24)3-4-17(18)22(25)26/h3-4,8,12-15,20H,5-7,9-11H2,1-2H3,(H,23,24)/p-1. The number of nitro groups is 1. The number of carboxylic acids is 1. The van der Waals surface area contributed by atoms with Crippen LogP contribution in [0.15, 0.2) is 18.2 Å². The molecule has 1 atom stereocenters. The van der Waals surface area contributed by atoms with Crippen molar-refractivity contribution in [3.05, 3.63) is 33.9 Å². The first-order valence-corrected chi connectivity index (χ1v) is 10.1. The van der Waals surface area contributed by atoms with Gasteiger partial charge in [-0.05, 0) is 82.3 Å². The van der Waals surface area contributed by atoms with Gasteiger partial charge in [0.15, 0.2) is 0 Å². The summed E-state index contributed by atoms with van der Waals surface area (Å²) in [5, 5.41) is 22.7. The summed E-state index contributed by atoms with van der Waals surface area (Å²) in [5.41, 5.74) is -0.564. The summed E-state index contributed by atoms with van der Waals surface area (Å²) in [6, 6.07) is 3.51. The summed E-state index contributed by atoms with van der Waals surface area (Å²) < 4.78 is 12.3. The van der Waals surface area contributed by atoms with Gasteiger partial charge < -0.3 is 19.4 Å². The van der Waals surface area contributed by atoms with Gasteiger partial charge in [-0.25, -0.2) is 0 Å². The molecule has 7 heteroatoms. The zero-order valence-electron chi connectivity index (χ0n) is 16.3. The summed E-state index contributed by atoms with van der Waals surface area (Å²) in [7, 11) is 0. The fraction of sp³-hybridized carbons (Fsp3) is 0.667. The number of rotatable bonds is 7. The Bertz CT molecular complexity index is 754. The van der Waals surface area contributed by atoms with Crippen molar-refractivity contribution in [1.29, 1.82) is 0 Å². The summed E-state index contributed by atoms with van der Waals surface area (Å²) in [6.45, 7) is 3.84. The van der Waals surface area contributed by atoms with Crippen molar-refractivity contribution in [3.8, 4) is 5.75 Å². The highest BCUT2D eigenvalue weighted by atomic mass is 16.7. The number of aromatic carboxylic acids is 1. The van der Waals surface area contributed by atoms with Crippen LogP contribution in [0.1, 0.15) is 62.7 Å². The Balaban J connectivity index is 1.69. The largest absolute Gasteiger partial charge is 0.545 e. The van der Waals surface area contributed by atoms with Crippen molar-refractivity contribution in [2.45, 2.75) is 64.8 Å². The number of nitrogens with zero attached hydrogens (tertiary/aromatic N) is 1. The van der Waals surface area contributed by atoms with Crippen LogP contribution in [0.3, 0.4) is 0 Å². The second-order valence-corrected chi connectivity index (χ2v) is 9.14. The lowest BCUT2D eigenvalue weighted by atomic mass is 9.49. The molecule has 152 valence electrons. The van der Waals surface area contributed by atoms with Crippen molar-refractivity contribution in [1.82, 2.24) is 0 Å². The normalized spacial score (nSPS) is 31.8. The number of hydrogen-bond acceptors (Lipinski definition) is 6. The van der Waals surface area contributed by atoms with E-state index in [1.54, 1.807) is 0 Å². The molecule has 5 rings (SSSR count). The number of carbonyl (C=O) groups is 1. The second kappa shape index (κ2) is 7.03. The predicted molar refractivity (Wildman–Crippen MR) is 98.7 cm³/mol. The van der Waals surface area contributed by atoms with Gasteiger partial charge in [-0.15, -0.1) is 0 Å². The van der Waals surface area contributed by atoms with Crippen LogP contribution in [0.5, 0.6) is 5.75 Å². The number of nitro benzene ring substituents is 1. The monoisotopic (exact) mass is 388 g/mol. The Morgan fingerprint density at radius 3 is 2.18 bits per heavy atom. The van der Waals surface area contributed by atoms with E-state index in [1.807, 2.05) is 13.8 Å². The number of carbonyl (C=O) groups excluding carboxylic acids is 1. The molecular weight excluding hydrogens is 362 g/mol. The van der Waals surface area contributed by atoms with Gasteiger partial charge in [0.05, 0.1) is 17.0 Å². The summed E-state index contributed by atoms with van der Waals surface area (Å²) >= 11 is 0. The van der Waals surface area contributed by atoms with E-state index < -0.39 is 17.2 Å². The van der Waals surface area contributed by atoms with Crippen LogP contribution in [-0.2, 0) is 4.74 Å². The molecule has 28 heavy (non-hydrogen) atoms. The average Bonchev–Trinajstić information content (AvgIpc) is 2.59. The van der Waals surface area contributed by atoms with E-state index in [2.05, 4.69) is 0 Å². The molecule has 1 unspecified atom stereocenters. The Labute approximate surface area is 164 Å². The van der Waals surface area contributed by atoms with Crippen molar-refractivity contribution in [2.75, 3.05) is 0 Å². The number of ether oxygens (including phenoxy) is 2. The van der Waals surface area contributed by atoms with Crippen LogP contribution in [0, 0.1) is 33.3 Å². The van der Waals surface area contributed by atoms with E-state index in [9.17, 15) is 20.0 Å². The van der Waals surface area contributed by atoms with Gasteiger partial charge >= 0.3 is 5.69 Å². The molecule has 4 saturated carbocycles. The molecule has 0 N–H and O–H groups in total. The zero-order chi connectivity index (χ0) is 20.1. The highest BCUT2D eigenvalue weighted by Crippen LogP contribution is 2.62. The van der Waals surface area contributed by atoms with E-state index in [0.29, 0.717) is 17.8 Å². The summed E-state index contributed by atoms with van der Waals surface area (Å²) in [4.78, 5) is 22.2. The van der Waals surface area contributed by atoms with E-state index in [0.717, 1.165) is 25.3 Å². The summed E-state index contributed by atoms with van der Waals surface area (Å²) in [5.74, 6) is 0.539. The SMILES string of the molecule is CC(C)OC(Oc1cc(C(=O)[O-])ccc1[N+](=O)[O-])C12CC3CC(CC(C3)C1)C2. The van der Waals surface area contributed by atoms with Gasteiger partial charge in [-0.2, -0.15) is 0 Å². The quantitative estimate of drug-likeness (QED) is 0.403. The average molecular weight is 388 g/mol. The molecule has 4 aliphatic carbocycles. The lowest BCUT2D eigenvalue weighted by molar-refractivity contribution is -0.387. The molecular formula is C21H26NO6-. The smallest absolute Gasteiger partial charge is 0.311 e. The molecule has 1 aromatic carbocycles. The molecule has 0 aromatic heterocycles. The first kappa shape index (κ1) is 19.2. The molecule has 0 aliphatic heterocycles. The van der Waals surface area contributed by atoms with E-state index in [1.165, 1.54) is 31.4 Å². The van der Waals surface area contributed by atoms with Gasteiger partial charge in [-0.1, -0.05) is 0 Å². The zero-order valence-corrected chi connectivity index (χ0v) is 16.3. The maximum atomic E-state index is 11.5. The van der Waals surface area contributed by atoms with Crippen LogP contribution in [0.25, 0.3) is 0 Å². The Morgan fingerprint density at radius 2 is 1.71 bits per heavy atom. The Morgan fingerprint density at radius 1 is 1.14 bits per heavy atom. The van der Waals surface area contributed by atoms with Crippen LogP contribution in [0.4, 0.5) is 5.69 Å². The molecule has 0 amide bonds. The lowest BCUT2D eigenvalue weighted by Gasteiger charge is -2.58. The third-order valence-electron chi connectivity index (χ3n) is 6.61. The topological polar surface area (TPSA) is 102 Å². The first-order valence-electron chi connectivity index (χ1n) is 10.1. The molecule has 0 heterocycles. The second-order valence-electron chi connectivity index (χ2n) is 9.14. The first-order chi connectivity index (χ1) is 13.3. The van der Waals surface area contributed by atoms with Crippen LogP contribution in [-0.4, -0.2) is 23.3 Å². The van der Waals surface area contributed by atoms with Gasteiger partial charge in [0, 0.05) is 17.0 Å². The van der Waals surface area contributed by atoms with Crippen molar-refractivity contribution in [2.24, 2.45) is 23.2 Å². The Hall–Kier alpha value is -2.15. The number of benzene rings is 1.